The van der Waals surface area contributed by atoms with E-state index in [0.29, 0.717) is 29.0 Å². The van der Waals surface area contributed by atoms with Gasteiger partial charge in [-0.05, 0) is 73.1 Å². The molecule has 1 heterocycles. The summed E-state index contributed by atoms with van der Waals surface area (Å²) in [6.07, 6.45) is 4.44. The molecule has 0 unspecified atom stereocenters. The number of benzene rings is 1. The minimum Gasteiger partial charge on any atom is -0.478 e. The molecule has 158 valence electrons. The zero-order chi connectivity index (χ0) is 20.9. The predicted molar refractivity (Wildman–Crippen MR) is 114 cm³/mol. The van der Waals surface area contributed by atoms with Crippen molar-refractivity contribution >= 4 is 17.6 Å². The number of hydrogen-bond acceptors (Lipinski definition) is 3. The van der Waals surface area contributed by atoms with Gasteiger partial charge in [-0.3, -0.25) is 4.79 Å². The van der Waals surface area contributed by atoms with Crippen LogP contribution in [-0.4, -0.2) is 47.1 Å². The van der Waals surface area contributed by atoms with Crippen LogP contribution in [0.4, 0.5) is 5.69 Å². The van der Waals surface area contributed by atoms with E-state index >= 15 is 0 Å². The molecule has 1 saturated heterocycles. The lowest BCUT2D eigenvalue weighted by molar-refractivity contribution is -0.162. The van der Waals surface area contributed by atoms with Crippen molar-refractivity contribution in [2.24, 2.45) is 23.2 Å². The highest BCUT2D eigenvalue weighted by Gasteiger charge is 2.58. The van der Waals surface area contributed by atoms with Gasteiger partial charge in [0.05, 0.1) is 5.56 Å². The van der Waals surface area contributed by atoms with Gasteiger partial charge in [-0.25, -0.2) is 4.79 Å². The van der Waals surface area contributed by atoms with Crippen LogP contribution in [-0.2, 0) is 4.79 Å². The number of carboxylic acid groups (broad SMARTS) is 1. The second kappa shape index (κ2) is 7.33. The van der Waals surface area contributed by atoms with Crippen LogP contribution < -0.4 is 4.90 Å². The third-order valence-electron chi connectivity index (χ3n) is 8.37. The Bertz CT molecular complexity index is 780. The lowest BCUT2D eigenvalue weighted by Gasteiger charge is -2.64. The van der Waals surface area contributed by atoms with Gasteiger partial charge in [0, 0.05) is 37.8 Å². The third-order valence-corrected chi connectivity index (χ3v) is 8.37. The number of piperidine rings is 1. The summed E-state index contributed by atoms with van der Waals surface area (Å²) in [5, 5.41) is 9.08. The van der Waals surface area contributed by atoms with Gasteiger partial charge in [-0.15, -0.1) is 0 Å². The summed E-state index contributed by atoms with van der Waals surface area (Å²) in [7, 11) is 0. The SMILES string of the molecule is CC(=O)N(C1CCN(c2ccc(C(=O)O)cc2)CC1)[C@H]1C[C@H]2C[C@@H]([C@@H]1C)C2(C)C. The quantitative estimate of drug-likeness (QED) is 0.823. The van der Waals surface area contributed by atoms with Crippen LogP contribution in [0.1, 0.15) is 63.7 Å². The Hall–Kier alpha value is -2.04. The monoisotopic (exact) mass is 398 g/mol. The Labute approximate surface area is 174 Å². The highest BCUT2D eigenvalue weighted by molar-refractivity contribution is 5.88. The summed E-state index contributed by atoms with van der Waals surface area (Å²) >= 11 is 0. The Balaban J connectivity index is 1.42. The molecule has 5 rings (SSSR count). The molecule has 5 nitrogen and oxygen atoms in total. The van der Waals surface area contributed by atoms with E-state index in [1.54, 1.807) is 19.1 Å². The third kappa shape index (κ3) is 3.43. The molecule has 1 aromatic rings. The summed E-state index contributed by atoms with van der Waals surface area (Å²) in [5.74, 6) is 1.39. The molecule has 1 aliphatic heterocycles. The molecule has 29 heavy (non-hydrogen) atoms. The van der Waals surface area contributed by atoms with Crippen LogP contribution in [0.3, 0.4) is 0 Å². The topological polar surface area (TPSA) is 60.9 Å². The molecule has 4 atom stereocenters. The van der Waals surface area contributed by atoms with Crippen molar-refractivity contribution in [2.45, 2.75) is 65.5 Å². The number of aromatic carboxylic acids is 1. The van der Waals surface area contributed by atoms with Crippen molar-refractivity contribution in [1.29, 1.82) is 0 Å². The standard InChI is InChI=1S/C24H34N2O3/c1-15-21-13-18(24(21,3)4)14-22(15)26(16(2)27)20-9-11-25(12-10-20)19-7-5-17(6-8-19)23(28)29/h5-8,15,18,20-22H,9-14H2,1-4H3,(H,28,29)/t15-,18+,21-,22-/m0/s1. The normalized spacial score (nSPS) is 31.1. The summed E-state index contributed by atoms with van der Waals surface area (Å²) < 4.78 is 0. The first-order valence-corrected chi connectivity index (χ1v) is 11.1. The van der Waals surface area contributed by atoms with Crippen LogP contribution in [0.15, 0.2) is 24.3 Å². The van der Waals surface area contributed by atoms with Crippen molar-refractivity contribution < 1.29 is 14.7 Å². The Kier molecular flexibility index (Phi) is 5.12. The minimum atomic E-state index is -0.893. The Morgan fingerprint density at radius 1 is 1.10 bits per heavy atom. The summed E-state index contributed by atoms with van der Waals surface area (Å²) in [6.45, 7) is 10.7. The van der Waals surface area contributed by atoms with E-state index in [1.165, 1.54) is 6.42 Å². The summed E-state index contributed by atoms with van der Waals surface area (Å²) in [5.41, 5.74) is 1.82. The van der Waals surface area contributed by atoms with Crippen molar-refractivity contribution in [3.8, 4) is 0 Å². The summed E-state index contributed by atoms with van der Waals surface area (Å²) in [4.78, 5) is 28.3. The van der Waals surface area contributed by atoms with E-state index in [4.69, 9.17) is 5.11 Å². The van der Waals surface area contributed by atoms with Crippen LogP contribution in [0.5, 0.6) is 0 Å². The molecule has 3 aliphatic carbocycles. The van der Waals surface area contributed by atoms with Gasteiger partial charge < -0.3 is 14.9 Å². The molecule has 4 fully saturated rings. The van der Waals surface area contributed by atoms with Gasteiger partial charge in [0.1, 0.15) is 0 Å². The molecule has 0 spiro atoms. The fraction of sp³-hybridized carbons (Fsp3) is 0.667. The molecule has 0 aromatic heterocycles. The van der Waals surface area contributed by atoms with E-state index in [9.17, 15) is 9.59 Å². The first-order valence-electron chi connectivity index (χ1n) is 11.1. The van der Waals surface area contributed by atoms with Crippen LogP contribution in [0, 0.1) is 23.2 Å². The molecule has 1 N–H and O–H groups in total. The van der Waals surface area contributed by atoms with Crippen LogP contribution in [0.2, 0.25) is 0 Å². The molecular formula is C24H34N2O3. The maximum atomic E-state index is 12.7. The van der Waals surface area contributed by atoms with Gasteiger partial charge >= 0.3 is 5.97 Å². The molecule has 1 aromatic carbocycles. The number of nitrogens with zero attached hydrogens (tertiary/aromatic N) is 2. The van der Waals surface area contributed by atoms with Crippen molar-refractivity contribution in [2.75, 3.05) is 18.0 Å². The van der Waals surface area contributed by atoms with Gasteiger partial charge in [0.25, 0.3) is 0 Å². The number of anilines is 1. The fourth-order valence-corrected chi connectivity index (χ4v) is 6.47. The molecule has 5 heteroatoms. The molecule has 4 aliphatic rings. The van der Waals surface area contributed by atoms with Crippen LogP contribution >= 0.6 is 0 Å². The molecule has 0 radical (unpaired) electrons. The van der Waals surface area contributed by atoms with E-state index in [0.717, 1.165) is 49.9 Å². The zero-order valence-electron chi connectivity index (χ0n) is 18.1. The van der Waals surface area contributed by atoms with Crippen molar-refractivity contribution in [3.63, 3.8) is 0 Å². The van der Waals surface area contributed by atoms with Crippen LogP contribution in [0.25, 0.3) is 0 Å². The first-order chi connectivity index (χ1) is 13.7. The first kappa shape index (κ1) is 20.2. The lowest BCUT2D eigenvalue weighted by Crippen LogP contribution is -2.63. The molecule has 2 bridgehead atoms. The second-order valence-electron chi connectivity index (χ2n) is 10.0. The van der Waals surface area contributed by atoms with Crippen molar-refractivity contribution in [3.05, 3.63) is 29.8 Å². The summed E-state index contributed by atoms with van der Waals surface area (Å²) in [6, 6.07) is 7.83. The number of amides is 1. The molecule has 3 saturated carbocycles. The van der Waals surface area contributed by atoms with Gasteiger partial charge in [-0.1, -0.05) is 20.8 Å². The number of carbonyl (C=O) groups excluding carboxylic acids is 1. The Morgan fingerprint density at radius 3 is 2.21 bits per heavy atom. The van der Waals surface area contributed by atoms with E-state index in [2.05, 4.69) is 30.6 Å². The number of fused-ring (bicyclic) bond motifs is 2. The van der Waals surface area contributed by atoms with Gasteiger partial charge in [0.15, 0.2) is 0 Å². The average molecular weight is 399 g/mol. The largest absolute Gasteiger partial charge is 0.478 e. The van der Waals surface area contributed by atoms with E-state index < -0.39 is 5.97 Å². The number of carbonyl (C=O) groups is 2. The molecule has 1 amide bonds. The predicted octanol–water partition coefficient (Wildman–Crippen LogP) is 4.27. The number of hydrogen-bond donors (Lipinski definition) is 1. The van der Waals surface area contributed by atoms with E-state index in [1.807, 2.05) is 12.1 Å². The fourth-order valence-electron chi connectivity index (χ4n) is 6.47. The van der Waals surface area contributed by atoms with Gasteiger partial charge in [-0.2, -0.15) is 0 Å². The highest BCUT2D eigenvalue weighted by atomic mass is 16.4. The number of rotatable bonds is 4. The number of carboxylic acids is 1. The zero-order valence-corrected chi connectivity index (χ0v) is 18.1. The Morgan fingerprint density at radius 2 is 1.72 bits per heavy atom. The molecular weight excluding hydrogens is 364 g/mol. The lowest BCUT2D eigenvalue weighted by atomic mass is 9.44. The second-order valence-corrected chi connectivity index (χ2v) is 10.0. The average Bonchev–Trinajstić information content (AvgIpc) is 2.69. The smallest absolute Gasteiger partial charge is 0.335 e. The highest BCUT2D eigenvalue weighted by Crippen LogP contribution is 2.62. The van der Waals surface area contributed by atoms with E-state index in [-0.39, 0.29) is 5.91 Å². The maximum absolute atomic E-state index is 12.7. The van der Waals surface area contributed by atoms with Gasteiger partial charge in [0.2, 0.25) is 5.91 Å². The van der Waals surface area contributed by atoms with Crippen molar-refractivity contribution in [1.82, 2.24) is 4.90 Å². The maximum Gasteiger partial charge on any atom is 0.335 e. The minimum absolute atomic E-state index is 0.227.